The third-order valence-corrected chi connectivity index (χ3v) is 3.83. The van der Waals surface area contributed by atoms with E-state index < -0.39 is 10.0 Å². The van der Waals surface area contributed by atoms with Crippen LogP contribution in [-0.4, -0.2) is 14.8 Å². The highest BCUT2D eigenvalue weighted by Gasteiger charge is 2.36. The van der Waals surface area contributed by atoms with Gasteiger partial charge in [0.15, 0.2) is 12.0 Å². The van der Waals surface area contributed by atoms with Gasteiger partial charge in [0, 0.05) is 6.07 Å². The molecule has 1 aromatic carbocycles. The van der Waals surface area contributed by atoms with Gasteiger partial charge in [-0.2, -0.15) is 0 Å². The fourth-order valence-electron chi connectivity index (χ4n) is 1.74. The van der Waals surface area contributed by atoms with Gasteiger partial charge in [0.2, 0.25) is 5.82 Å². The summed E-state index contributed by atoms with van der Waals surface area (Å²) in [6, 6.07) is 6.90. The minimum atomic E-state index is -3.42. The summed E-state index contributed by atoms with van der Waals surface area (Å²) in [4.78, 5) is 5.09. The SMILES string of the molecule is O=S1(=O)NC2=CN=C[NH+]2c2ccccc21. The van der Waals surface area contributed by atoms with E-state index >= 15 is 0 Å². The maximum Gasteiger partial charge on any atom is 0.271 e. The lowest BCUT2D eigenvalue weighted by Gasteiger charge is -2.21. The molecule has 2 N–H and O–H groups in total. The van der Waals surface area contributed by atoms with Crippen molar-refractivity contribution in [2.24, 2.45) is 4.99 Å². The van der Waals surface area contributed by atoms with Gasteiger partial charge in [0.05, 0.1) is 0 Å². The monoisotopic (exact) mass is 222 g/mol. The lowest BCUT2D eigenvalue weighted by atomic mass is 10.3. The standard InChI is InChI=1S/C9H7N3O2S/c13-15(14)8-4-2-1-3-7(8)12-6-10-5-9(12)11-15/h1-6,11H/p+1. The first kappa shape index (κ1) is 8.63. The second kappa shape index (κ2) is 2.68. The number of sulfonamides is 1. The number of hydrogen-bond acceptors (Lipinski definition) is 3. The Morgan fingerprint density at radius 3 is 2.93 bits per heavy atom. The second-order valence-electron chi connectivity index (χ2n) is 3.34. The van der Waals surface area contributed by atoms with E-state index in [2.05, 4.69) is 9.71 Å². The van der Waals surface area contributed by atoms with E-state index in [1.165, 1.54) is 6.20 Å². The van der Waals surface area contributed by atoms with Crippen LogP contribution in [0, 0.1) is 0 Å². The first-order valence-electron chi connectivity index (χ1n) is 4.41. The normalized spacial score (nSPS) is 25.1. The van der Waals surface area contributed by atoms with Crippen molar-refractivity contribution in [2.45, 2.75) is 4.90 Å². The number of benzene rings is 1. The first-order chi connectivity index (χ1) is 7.18. The van der Waals surface area contributed by atoms with E-state index in [1.807, 2.05) is 6.07 Å². The lowest BCUT2D eigenvalue weighted by molar-refractivity contribution is -0.679. The van der Waals surface area contributed by atoms with Crippen LogP contribution in [0.1, 0.15) is 0 Å². The summed E-state index contributed by atoms with van der Waals surface area (Å²) in [5.41, 5.74) is 0.712. The highest BCUT2D eigenvalue weighted by atomic mass is 32.2. The zero-order valence-electron chi connectivity index (χ0n) is 7.64. The molecular formula is C9H8N3O2S+. The van der Waals surface area contributed by atoms with Gasteiger partial charge in [-0.25, -0.2) is 23.0 Å². The van der Waals surface area contributed by atoms with Crippen LogP contribution < -0.4 is 9.62 Å². The van der Waals surface area contributed by atoms with Crippen LogP contribution in [0.3, 0.4) is 0 Å². The van der Waals surface area contributed by atoms with Crippen molar-refractivity contribution in [3.8, 4) is 0 Å². The Balaban J connectivity index is 2.33. The molecule has 0 fully saturated rings. The third kappa shape index (κ3) is 1.12. The van der Waals surface area contributed by atoms with E-state index in [-0.39, 0.29) is 0 Å². The van der Waals surface area contributed by atoms with Gasteiger partial charge in [-0.05, 0) is 6.07 Å². The average molecular weight is 222 g/mol. The van der Waals surface area contributed by atoms with Gasteiger partial charge in [0.25, 0.3) is 10.0 Å². The summed E-state index contributed by atoms with van der Waals surface area (Å²) < 4.78 is 26.1. The summed E-state index contributed by atoms with van der Waals surface area (Å²) in [5.74, 6) is 0.550. The van der Waals surface area contributed by atoms with Gasteiger partial charge in [-0.1, -0.05) is 12.1 Å². The first-order valence-corrected chi connectivity index (χ1v) is 5.90. The highest BCUT2D eigenvalue weighted by Crippen LogP contribution is 2.21. The fraction of sp³-hybridized carbons (Fsp3) is 0. The summed E-state index contributed by atoms with van der Waals surface area (Å²) in [5, 5.41) is 0. The summed E-state index contributed by atoms with van der Waals surface area (Å²) >= 11 is 0. The Morgan fingerprint density at radius 1 is 1.27 bits per heavy atom. The van der Waals surface area contributed by atoms with Gasteiger partial charge < -0.3 is 0 Å². The van der Waals surface area contributed by atoms with Gasteiger partial charge in [-0.15, -0.1) is 0 Å². The van der Waals surface area contributed by atoms with Crippen molar-refractivity contribution < 1.29 is 13.3 Å². The van der Waals surface area contributed by atoms with Crippen LogP contribution in [0.25, 0.3) is 0 Å². The molecule has 0 amide bonds. The predicted molar refractivity (Wildman–Crippen MR) is 54.0 cm³/mol. The molecule has 2 aliphatic heterocycles. The van der Waals surface area contributed by atoms with Crippen LogP contribution in [-0.2, 0) is 10.0 Å². The van der Waals surface area contributed by atoms with Crippen molar-refractivity contribution in [1.82, 2.24) is 4.72 Å². The molecular weight excluding hydrogens is 214 g/mol. The largest absolute Gasteiger partial charge is 0.271 e. The summed E-state index contributed by atoms with van der Waals surface area (Å²) in [6.07, 6.45) is 3.18. The van der Waals surface area contributed by atoms with Gasteiger partial charge in [0.1, 0.15) is 11.1 Å². The Morgan fingerprint density at radius 2 is 2.07 bits per heavy atom. The van der Waals surface area contributed by atoms with Crippen molar-refractivity contribution in [3.63, 3.8) is 0 Å². The molecule has 0 radical (unpaired) electrons. The number of rotatable bonds is 0. The fourth-order valence-corrected chi connectivity index (χ4v) is 3.03. The van der Waals surface area contributed by atoms with E-state index in [9.17, 15) is 8.42 Å². The second-order valence-corrected chi connectivity index (χ2v) is 4.99. The number of aliphatic imine (C=N–C) groups is 1. The van der Waals surface area contributed by atoms with Crippen molar-refractivity contribution in [2.75, 3.05) is 0 Å². The molecule has 1 unspecified atom stereocenters. The van der Waals surface area contributed by atoms with E-state index in [4.69, 9.17) is 0 Å². The van der Waals surface area contributed by atoms with Crippen LogP contribution in [0.4, 0.5) is 5.69 Å². The third-order valence-electron chi connectivity index (χ3n) is 2.41. The zero-order chi connectivity index (χ0) is 10.5. The molecule has 0 saturated carbocycles. The molecule has 6 heteroatoms. The minimum Gasteiger partial charge on any atom is -0.232 e. The topological polar surface area (TPSA) is 63.0 Å². The molecule has 0 aliphatic carbocycles. The number of nitrogens with one attached hydrogen (secondary N) is 2. The smallest absolute Gasteiger partial charge is 0.232 e. The quantitative estimate of drug-likeness (QED) is 0.612. The predicted octanol–water partition coefficient (Wildman–Crippen LogP) is -0.664. The number of quaternary nitrogens is 1. The molecule has 0 aromatic heterocycles. The molecule has 1 atom stereocenters. The molecule has 2 aliphatic rings. The summed E-state index contributed by atoms with van der Waals surface area (Å²) in [7, 11) is -3.42. The number of hydrogen-bond donors (Lipinski definition) is 2. The Bertz CT molecular complexity index is 589. The van der Waals surface area contributed by atoms with Crippen LogP contribution in [0.5, 0.6) is 0 Å². The molecule has 2 heterocycles. The number of nitrogens with zero attached hydrogens (tertiary/aromatic N) is 1. The Labute approximate surface area is 86.8 Å². The summed E-state index contributed by atoms with van der Waals surface area (Å²) in [6.45, 7) is 0. The molecule has 0 bridgehead atoms. The number of fused-ring (bicyclic) bond motifs is 3. The van der Waals surface area contributed by atoms with E-state index in [1.54, 1.807) is 24.5 Å². The van der Waals surface area contributed by atoms with Gasteiger partial charge in [-0.3, -0.25) is 0 Å². The molecule has 1 aromatic rings. The maximum atomic E-state index is 11.8. The molecule has 0 saturated heterocycles. The lowest BCUT2D eigenvalue weighted by Crippen LogP contribution is -3.06. The van der Waals surface area contributed by atoms with Crippen LogP contribution in [0.2, 0.25) is 0 Å². The molecule has 5 nitrogen and oxygen atoms in total. The van der Waals surface area contributed by atoms with Crippen molar-refractivity contribution in [3.05, 3.63) is 36.3 Å². The van der Waals surface area contributed by atoms with Crippen molar-refractivity contribution >= 4 is 22.0 Å². The van der Waals surface area contributed by atoms with Crippen molar-refractivity contribution in [1.29, 1.82) is 0 Å². The molecule has 0 spiro atoms. The Kier molecular flexibility index (Phi) is 1.54. The zero-order valence-corrected chi connectivity index (χ0v) is 8.45. The maximum absolute atomic E-state index is 11.8. The highest BCUT2D eigenvalue weighted by molar-refractivity contribution is 7.89. The van der Waals surface area contributed by atoms with Crippen LogP contribution >= 0.6 is 0 Å². The number of para-hydroxylation sites is 1. The minimum absolute atomic E-state index is 0.311. The molecule has 15 heavy (non-hydrogen) atoms. The Hall–Kier alpha value is -1.66. The average Bonchev–Trinajstić information content (AvgIpc) is 2.65. The molecule has 76 valence electrons. The van der Waals surface area contributed by atoms with Crippen LogP contribution in [0.15, 0.2) is 46.2 Å². The van der Waals surface area contributed by atoms with Gasteiger partial charge >= 0.3 is 0 Å². The van der Waals surface area contributed by atoms with E-state index in [0.29, 0.717) is 16.4 Å². The molecule has 3 rings (SSSR count). The van der Waals surface area contributed by atoms with E-state index in [0.717, 1.165) is 4.90 Å².